The van der Waals surface area contributed by atoms with Crippen molar-refractivity contribution in [2.45, 2.75) is 76.5 Å². The molecule has 0 aliphatic carbocycles. The Labute approximate surface area is 250 Å². The summed E-state index contributed by atoms with van der Waals surface area (Å²) in [6.07, 6.45) is 7.30. The van der Waals surface area contributed by atoms with E-state index in [0.717, 1.165) is 12.8 Å². The molecule has 5 atom stereocenters. The van der Waals surface area contributed by atoms with Crippen molar-refractivity contribution in [1.29, 1.82) is 0 Å². The number of nitrogens with zero attached hydrogens (tertiary/aromatic N) is 3. The van der Waals surface area contributed by atoms with Gasteiger partial charge in [0.05, 0.1) is 24.0 Å². The molecule has 1 spiro atoms. The predicted molar refractivity (Wildman–Crippen MR) is 162 cm³/mol. The minimum absolute atomic E-state index is 0.00256. The van der Waals surface area contributed by atoms with Crippen LogP contribution < -0.4 is 9.64 Å². The highest BCUT2D eigenvalue weighted by Gasteiger charge is 2.78. The molecular weight excluding hydrogens is 534 g/mol. The van der Waals surface area contributed by atoms with E-state index in [2.05, 4.69) is 20.1 Å². The monoisotopic (exact) mass is 581 g/mol. The Hall–Kier alpha value is -3.17. The Morgan fingerprint density at radius 3 is 2.43 bits per heavy atom. The highest BCUT2D eigenvalue weighted by atomic mass is 16.5. The fraction of sp³-hybridized carbons (Fsp3) is 0.606. The highest BCUT2D eigenvalue weighted by Crippen LogP contribution is 2.63. The van der Waals surface area contributed by atoms with Crippen molar-refractivity contribution in [2.24, 2.45) is 11.8 Å². The number of unbranched alkanes of at least 4 members (excludes halogenated alkanes) is 2. The highest BCUT2D eigenvalue weighted by molar-refractivity contribution is 6.03. The molecule has 9 heteroatoms. The van der Waals surface area contributed by atoms with Crippen LogP contribution in [0.1, 0.15) is 59.3 Å². The van der Waals surface area contributed by atoms with E-state index in [1.54, 1.807) is 26.9 Å². The van der Waals surface area contributed by atoms with Crippen molar-refractivity contribution in [3.63, 3.8) is 0 Å². The van der Waals surface area contributed by atoms with E-state index < -0.39 is 29.1 Å². The molecule has 2 bridgehead atoms. The number of aliphatic hydroxyl groups is 1. The summed E-state index contributed by atoms with van der Waals surface area (Å²) < 4.78 is 12.4. The Morgan fingerprint density at radius 1 is 1.10 bits per heavy atom. The van der Waals surface area contributed by atoms with Crippen LogP contribution in [-0.4, -0.2) is 89.3 Å². The van der Waals surface area contributed by atoms with Gasteiger partial charge in [-0.2, -0.15) is 0 Å². The number of carbonyl (C=O) groups excluding carboxylic acids is 3. The van der Waals surface area contributed by atoms with Crippen LogP contribution in [0, 0.1) is 11.8 Å². The quantitative estimate of drug-likeness (QED) is 0.234. The van der Waals surface area contributed by atoms with E-state index >= 15 is 0 Å². The molecule has 3 fully saturated rings. The molecule has 4 rings (SSSR count). The molecule has 0 radical (unpaired) electrons. The molecule has 1 N–H and O–H groups in total. The number of anilines is 1. The van der Waals surface area contributed by atoms with Gasteiger partial charge in [-0.05, 0) is 70.2 Å². The Morgan fingerprint density at radius 2 is 1.81 bits per heavy atom. The second-order valence-corrected chi connectivity index (χ2v) is 11.8. The zero-order valence-corrected chi connectivity index (χ0v) is 25.4. The Kier molecular flexibility index (Phi) is 10.1. The molecule has 42 heavy (non-hydrogen) atoms. The summed E-state index contributed by atoms with van der Waals surface area (Å²) in [5, 5.41) is 9.44. The van der Waals surface area contributed by atoms with Gasteiger partial charge in [-0.25, -0.2) is 0 Å². The number of aliphatic hydroxyl groups excluding tert-OH is 1. The summed E-state index contributed by atoms with van der Waals surface area (Å²) in [6.45, 7) is 15.7. The number of ether oxygens (including phenoxy) is 2. The van der Waals surface area contributed by atoms with E-state index in [4.69, 9.17) is 9.47 Å². The second kappa shape index (κ2) is 13.4. The Balaban J connectivity index is 1.74. The van der Waals surface area contributed by atoms with Crippen LogP contribution in [0.2, 0.25) is 0 Å². The zero-order valence-electron chi connectivity index (χ0n) is 25.4. The van der Waals surface area contributed by atoms with Crippen molar-refractivity contribution in [3.8, 4) is 5.75 Å². The van der Waals surface area contributed by atoms with Crippen molar-refractivity contribution in [2.75, 3.05) is 44.3 Å². The molecule has 230 valence electrons. The molecule has 3 aliphatic rings. The van der Waals surface area contributed by atoms with Crippen molar-refractivity contribution >= 4 is 23.4 Å². The SMILES string of the molecule is C=CCN(CCCC)C(=O)C1N(CCCCO)C(=O)[C@@H]2[C@H](C(=O)N(CC=C)c3ccc(OCC)cc3)[C@]3(C)CCC12O3. The van der Waals surface area contributed by atoms with Crippen molar-refractivity contribution in [3.05, 3.63) is 49.6 Å². The van der Waals surface area contributed by atoms with Gasteiger partial charge in [-0.1, -0.05) is 25.5 Å². The second-order valence-electron chi connectivity index (χ2n) is 11.8. The van der Waals surface area contributed by atoms with E-state index in [1.807, 2.05) is 38.1 Å². The maximum atomic E-state index is 14.5. The first kappa shape index (κ1) is 31.8. The number of carbonyl (C=O) groups is 3. The van der Waals surface area contributed by atoms with Crippen LogP contribution in [0.5, 0.6) is 5.75 Å². The molecule has 1 aromatic rings. The molecule has 9 nitrogen and oxygen atoms in total. The molecule has 3 amide bonds. The summed E-state index contributed by atoms with van der Waals surface area (Å²) in [5.41, 5.74) is -1.30. The number of hydrogen-bond acceptors (Lipinski definition) is 6. The Bertz CT molecular complexity index is 1150. The molecule has 0 saturated carbocycles. The summed E-state index contributed by atoms with van der Waals surface area (Å²) in [4.78, 5) is 48.2. The lowest BCUT2D eigenvalue weighted by Crippen LogP contribution is -2.56. The first-order valence-electron chi connectivity index (χ1n) is 15.4. The first-order valence-corrected chi connectivity index (χ1v) is 15.4. The van der Waals surface area contributed by atoms with Gasteiger partial charge in [0.25, 0.3) is 0 Å². The third-order valence-corrected chi connectivity index (χ3v) is 9.06. The first-order chi connectivity index (χ1) is 20.2. The molecule has 3 heterocycles. The van der Waals surface area contributed by atoms with Crippen LogP contribution in [0.4, 0.5) is 5.69 Å². The summed E-state index contributed by atoms with van der Waals surface area (Å²) >= 11 is 0. The smallest absolute Gasteiger partial charge is 0.248 e. The van der Waals surface area contributed by atoms with E-state index in [0.29, 0.717) is 63.4 Å². The van der Waals surface area contributed by atoms with Gasteiger partial charge >= 0.3 is 0 Å². The van der Waals surface area contributed by atoms with E-state index in [-0.39, 0.29) is 30.9 Å². The van der Waals surface area contributed by atoms with Gasteiger partial charge < -0.3 is 29.3 Å². The lowest BCUT2D eigenvalue weighted by molar-refractivity contribution is -0.151. The van der Waals surface area contributed by atoms with Gasteiger partial charge in [0.2, 0.25) is 17.7 Å². The zero-order chi connectivity index (χ0) is 30.5. The minimum Gasteiger partial charge on any atom is -0.494 e. The lowest BCUT2D eigenvalue weighted by atomic mass is 9.66. The third kappa shape index (κ3) is 5.61. The standard InChI is InChI=1S/C33H47N3O6/c1-6-10-21-34(19-7-2)31(40)28-33-18-17-32(5,42-33)26(27(33)30(39)36(28)22-11-12-23-37)29(38)35(20-8-3)24-13-15-25(16-14-24)41-9-4/h7-8,13-16,26-28,37H,2-3,6,9-12,17-23H2,1,4-5H3/t26-,27+,28?,32+,33?/m1/s1. The van der Waals surface area contributed by atoms with E-state index in [9.17, 15) is 19.5 Å². The fourth-order valence-corrected chi connectivity index (χ4v) is 7.19. The van der Waals surface area contributed by atoms with Crippen LogP contribution in [0.25, 0.3) is 0 Å². The van der Waals surface area contributed by atoms with Gasteiger partial charge in [-0.15, -0.1) is 13.2 Å². The summed E-state index contributed by atoms with van der Waals surface area (Å²) in [7, 11) is 0. The van der Waals surface area contributed by atoms with Gasteiger partial charge in [0.15, 0.2) is 0 Å². The summed E-state index contributed by atoms with van der Waals surface area (Å²) in [5.74, 6) is -1.41. The minimum atomic E-state index is -1.09. The molecule has 1 aromatic carbocycles. The van der Waals surface area contributed by atoms with Crippen LogP contribution in [0.3, 0.4) is 0 Å². The maximum Gasteiger partial charge on any atom is 0.248 e. The topological polar surface area (TPSA) is 99.6 Å². The van der Waals surface area contributed by atoms with Gasteiger partial charge in [0.1, 0.15) is 17.4 Å². The number of amides is 3. The van der Waals surface area contributed by atoms with Gasteiger partial charge in [-0.3, -0.25) is 14.4 Å². The lowest BCUT2D eigenvalue weighted by Gasteiger charge is -2.37. The van der Waals surface area contributed by atoms with Crippen LogP contribution in [-0.2, 0) is 19.1 Å². The molecule has 3 saturated heterocycles. The number of rotatable bonds is 16. The average molecular weight is 582 g/mol. The van der Waals surface area contributed by atoms with Crippen LogP contribution in [0.15, 0.2) is 49.6 Å². The number of benzene rings is 1. The molecule has 2 unspecified atom stereocenters. The largest absolute Gasteiger partial charge is 0.494 e. The maximum absolute atomic E-state index is 14.5. The van der Waals surface area contributed by atoms with Gasteiger partial charge in [0, 0.05) is 38.5 Å². The molecule has 3 aliphatic heterocycles. The number of hydrogen-bond donors (Lipinski definition) is 1. The molecular formula is C33H47N3O6. The van der Waals surface area contributed by atoms with Crippen molar-refractivity contribution < 1.29 is 29.0 Å². The molecule has 0 aromatic heterocycles. The predicted octanol–water partition coefficient (Wildman–Crippen LogP) is 3.96. The van der Waals surface area contributed by atoms with Crippen molar-refractivity contribution in [1.82, 2.24) is 9.80 Å². The third-order valence-electron chi connectivity index (χ3n) is 9.06. The average Bonchev–Trinajstić information content (AvgIpc) is 3.55. The summed E-state index contributed by atoms with van der Waals surface area (Å²) in [6, 6.07) is 6.49. The van der Waals surface area contributed by atoms with Crippen LogP contribution >= 0.6 is 0 Å². The fourth-order valence-electron chi connectivity index (χ4n) is 7.19. The normalized spacial score (nSPS) is 27.6. The number of fused-ring (bicyclic) bond motifs is 1. The van der Waals surface area contributed by atoms with E-state index in [1.165, 1.54) is 0 Å². The number of likely N-dealkylation sites (tertiary alicyclic amines) is 1.